The molecule has 14 heavy (non-hydrogen) atoms. The van der Waals surface area contributed by atoms with Crippen LogP contribution in [0.5, 0.6) is 0 Å². The third kappa shape index (κ3) is 5.04. The molecule has 0 spiro atoms. The molecule has 0 aliphatic carbocycles. The van der Waals surface area contributed by atoms with Crippen LogP contribution in [0.25, 0.3) is 0 Å². The maximum atomic E-state index is 5.37. The van der Waals surface area contributed by atoms with Gasteiger partial charge >= 0.3 is 0 Å². The number of hydrogen-bond acceptors (Lipinski definition) is 2. The molecule has 0 amide bonds. The van der Waals surface area contributed by atoms with E-state index in [9.17, 15) is 0 Å². The van der Waals surface area contributed by atoms with Gasteiger partial charge in [0.05, 0.1) is 0 Å². The lowest BCUT2D eigenvalue weighted by Gasteiger charge is -2.03. The Morgan fingerprint density at radius 1 is 1.43 bits per heavy atom. The molecule has 0 unspecified atom stereocenters. The predicted molar refractivity (Wildman–Crippen MR) is 58.2 cm³/mol. The summed E-state index contributed by atoms with van der Waals surface area (Å²) >= 11 is 0. The van der Waals surface area contributed by atoms with Crippen molar-refractivity contribution in [2.45, 2.75) is 26.3 Å². The van der Waals surface area contributed by atoms with Gasteiger partial charge in [-0.15, -0.1) is 0 Å². The van der Waals surface area contributed by atoms with Crippen LogP contribution < -0.4 is 5.32 Å². The Labute approximate surface area is 85.9 Å². The van der Waals surface area contributed by atoms with Gasteiger partial charge in [-0.3, -0.25) is 0 Å². The summed E-state index contributed by atoms with van der Waals surface area (Å²) in [6.45, 7) is 5.85. The van der Waals surface area contributed by atoms with Gasteiger partial charge in [-0.2, -0.15) is 0 Å². The van der Waals surface area contributed by atoms with Gasteiger partial charge in [0.2, 0.25) is 0 Å². The molecular weight excluding hydrogens is 176 g/mol. The topological polar surface area (TPSA) is 37.0 Å². The monoisotopic (exact) mass is 196 g/mol. The largest absolute Gasteiger partial charge is 0.381 e. The molecule has 3 nitrogen and oxygen atoms in total. The van der Waals surface area contributed by atoms with Crippen molar-refractivity contribution in [2.24, 2.45) is 0 Å². The lowest BCUT2D eigenvalue weighted by molar-refractivity contribution is 0.132. The number of aromatic amines is 1. The highest BCUT2D eigenvalue weighted by molar-refractivity contribution is 5.07. The fourth-order valence-corrected chi connectivity index (χ4v) is 1.25. The van der Waals surface area contributed by atoms with Crippen LogP contribution >= 0.6 is 0 Å². The highest BCUT2D eigenvalue weighted by Crippen LogP contribution is 1.94. The molecule has 1 aromatic rings. The smallest absolute Gasteiger partial charge is 0.0478 e. The van der Waals surface area contributed by atoms with Crippen molar-refractivity contribution in [3.8, 4) is 0 Å². The van der Waals surface area contributed by atoms with Gasteiger partial charge in [0.25, 0.3) is 0 Å². The maximum Gasteiger partial charge on any atom is 0.0478 e. The zero-order chi connectivity index (χ0) is 10.1. The summed E-state index contributed by atoms with van der Waals surface area (Å²) in [6.07, 6.45) is 6.16. The summed E-state index contributed by atoms with van der Waals surface area (Å²) < 4.78 is 5.37. The normalized spacial score (nSPS) is 10.6. The Kier molecular flexibility index (Phi) is 6.11. The molecule has 2 N–H and O–H groups in total. The molecular formula is C11H20N2O. The molecule has 0 aliphatic rings. The molecule has 1 heterocycles. The summed E-state index contributed by atoms with van der Waals surface area (Å²) in [5, 5.41) is 3.36. The standard InChI is InChI=1S/C11H20N2O/c1-2-7-14-8-3-5-12-9-11-4-6-13-10-11/h4,6,10,12-13H,2-3,5,7-9H2,1H3. The summed E-state index contributed by atoms with van der Waals surface area (Å²) in [4.78, 5) is 3.03. The van der Waals surface area contributed by atoms with Gasteiger partial charge in [0.1, 0.15) is 0 Å². The van der Waals surface area contributed by atoms with Crippen molar-refractivity contribution in [1.29, 1.82) is 0 Å². The minimum absolute atomic E-state index is 0.869. The first-order valence-corrected chi connectivity index (χ1v) is 5.33. The highest BCUT2D eigenvalue weighted by Gasteiger charge is 1.91. The van der Waals surface area contributed by atoms with Gasteiger partial charge in [-0.1, -0.05) is 6.92 Å². The van der Waals surface area contributed by atoms with Gasteiger partial charge < -0.3 is 15.0 Å². The third-order valence-electron chi connectivity index (χ3n) is 1.98. The highest BCUT2D eigenvalue weighted by atomic mass is 16.5. The molecule has 0 bridgehead atoms. The van der Waals surface area contributed by atoms with Crippen molar-refractivity contribution in [2.75, 3.05) is 19.8 Å². The van der Waals surface area contributed by atoms with Crippen LogP contribution in [0, 0.1) is 0 Å². The number of ether oxygens (including phenoxy) is 1. The first kappa shape index (κ1) is 11.3. The Morgan fingerprint density at radius 3 is 3.07 bits per heavy atom. The van der Waals surface area contributed by atoms with Crippen LogP contribution in [-0.2, 0) is 11.3 Å². The number of H-pyrrole nitrogens is 1. The third-order valence-corrected chi connectivity index (χ3v) is 1.98. The van der Waals surface area contributed by atoms with E-state index >= 15 is 0 Å². The fraction of sp³-hybridized carbons (Fsp3) is 0.636. The molecule has 0 fully saturated rings. The van der Waals surface area contributed by atoms with Crippen LogP contribution in [0.3, 0.4) is 0 Å². The van der Waals surface area contributed by atoms with Crippen molar-refractivity contribution in [1.82, 2.24) is 10.3 Å². The lowest BCUT2D eigenvalue weighted by Crippen LogP contribution is -2.16. The van der Waals surface area contributed by atoms with E-state index in [0.717, 1.165) is 39.1 Å². The first-order chi connectivity index (χ1) is 6.93. The Bertz CT molecular complexity index is 209. The van der Waals surface area contributed by atoms with E-state index in [4.69, 9.17) is 4.74 Å². The number of aromatic nitrogens is 1. The van der Waals surface area contributed by atoms with Gasteiger partial charge in [0, 0.05) is 32.2 Å². The second-order valence-electron chi connectivity index (χ2n) is 3.36. The zero-order valence-corrected chi connectivity index (χ0v) is 8.88. The minimum atomic E-state index is 0.869. The van der Waals surface area contributed by atoms with Crippen LogP contribution in [0.15, 0.2) is 18.5 Å². The summed E-state index contributed by atoms with van der Waals surface area (Å²) in [5.41, 5.74) is 1.31. The zero-order valence-electron chi connectivity index (χ0n) is 8.88. The van der Waals surface area contributed by atoms with Crippen LogP contribution in [0.1, 0.15) is 25.3 Å². The van der Waals surface area contributed by atoms with E-state index in [1.165, 1.54) is 5.56 Å². The maximum absolute atomic E-state index is 5.37. The van der Waals surface area contributed by atoms with E-state index in [2.05, 4.69) is 23.3 Å². The quantitative estimate of drug-likeness (QED) is 0.623. The molecule has 3 heteroatoms. The van der Waals surface area contributed by atoms with Crippen molar-refractivity contribution >= 4 is 0 Å². The lowest BCUT2D eigenvalue weighted by atomic mass is 10.3. The number of hydrogen-bond donors (Lipinski definition) is 2. The Hall–Kier alpha value is -0.800. The molecule has 0 saturated heterocycles. The van der Waals surface area contributed by atoms with Crippen LogP contribution in [-0.4, -0.2) is 24.7 Å². The average Bonchev–Trinajstić information content (AvgIpc) is 2.69. The molecule has 80 valence electrons. The average molecular weight is 196 g/mol. The van der Waals surface area contributed by atoms with Crippen LogP contribution in [0.2, 0.25) is 0 Å². The second kappa shape index (κ2) is 7.59. The summed E-state index contributed by atoms with van der Waals surface area (Å²) in [7, 11) is 0. The predicted octanol–water partition coefficient (Wildman–Crippen LogP) is 1.92. The fourth-order valence-electron chi connectivity index (χ4n) is 1.25. The molecule has 0 saturated carbocycles. The molecule has 0 radical (unpaired) electrons. The molecule has 1 aromatic heterocycles. The SMILES string of the molecule is CCCOCCCNCc1cc[nH]c1. The molecule has 0 aromatic carbocycles. The molecule has 1 rings (SSSR count). The Balaban J connectivity index is 1.85. The number of rotatable bonds is 8. The van der Waals surface area contributed by atoms with E-state index in [1.807, 2.05) is 12.4 Å². The van der Waals surface area contributed by atoms with Gasteiger partial charge in [0.15, 0.2) is 0 Å². The Morgan fingerprint density at radius 2 is 2.36 bits per heavy atom. The van der Waals surface area contributed by atoms with E-state index in [1.54, 1.807) is 0 Å². The minimum Gasteiger partial charge on any atom is -0.381 e. The number of nitrogens with one attached hydrogen (secondary N) is 2. The van der Waals surface area contributed by atoms with E-state index < -0.39 is 0 Å². The van der Waals surface area contributed by atoms with Gasteiger partial charge in [-0.05, 0) is 31.0 Å². The second-order valence-corrected chi connectivity index (χ2v) is 3.36. The first-order valence-electron chi connectivity index (χ1n) is 5.33. The molecule has 0 aliphatic heterocycles. The summed E-state index contributed by atoms with van der Waals surface area (Å²) in [5.74, 6) is 0. The van der Waals surface area contributed by atoms with Crippen molar-refractivity contribution in [3.05, 3.63) is 24.0 Å². The van der Waals surface area contributed by atoms with E-state index in [0.29, 0.717) is 0 Å². The molecule has 0 atom stereocenters. The van der Waals surface area contributed by atoms with E-state index in [-0.39, 0.29) is 0 Å². The van der Waals surface area contributed by atoms with Crippen molar-refractivity contribution in [3.63, 3.8) is 0 Å². The van der Waals surface area contributed by atoms with Crippen LogP contribution in [0.4, 0.5) is 0 Å². The van der Waals surface area contributed by atoms with Gasteiger partial charge in [-0.25, -0.2) is 0 Å². The van der Waals surface area contributed by atoms with Crippen molar-refractivity contribution < 1.29 is 4.74 Å². The summed E-state index contributed by atoms with van der Waals surface area (Å²) in [6, 6.07) is 2.08.